The molecule has 0 aromatic heterocycles. The second-order valence-electron chi connectivity index (χ2n) is 3.39. The van der Waals surface area contributed by atoms with Gasteiger partial charge in [-0.3, -0.25) is 4.79 Å². The number of nitrogens with two attached hydrogens (primary N) is 1. The molecule has 1 rings (SSSR count). The largest absolute Gasteiger partial charge is 0.384 e. The van der Waals surface area contributed by atoms with Gasteiger partial charge in [-0.15, -0.1) is 0 Å². The highest BCUT2D eigenvalue weighted by atomic mass is 19.1. The predicted octanol–water partition coefficient (Wildman–Crippen LogP) is 2.15. The molecule has 0 fully saturated rings. The van der Waals surface area contributed by atoms with Gasteiger partial charge < -0.3 is 11.1 Å². The van der Waals surface area contributed by atoms with E-state index in [1.54, 1.807) is 12.1 Å². The number of anilines is 1. The molecule has 0 saturated carbocycles. The van der Waals surface area contributed by atoms with Gasteiger partial charge in [-0.2, -0.15) is 0 Å². The SMILES string of the molecule is CCCNc1cc(F)ccc1C=CC(N)=O. The zero-order valence-electron chi connectivity index (χ0n) is 9.16. The fourth-order valence-electron chi connectivity index (χ4n) is 1.26. The van der Waals surface area contributed by atoms with Crippen molar-refractivity contribution in [3.63, 3.8) is 0 Å². The summed E-state index contributed by atoms with van der Waals surface area (Å²) in [5.74, 6) is -0.833. The van der Waals surface area contributed by atoms with Crippen molar-refractivity contribution in [1.29, 1.82) is 0 Å². The fourth-order valence-corrected chi connectivity index (χ4v) is 1.26. The van der Waals surface area contributed by atoms with Crippen molar-refractivity contribution in [3.05, 3.63) is 35.7 Å². The number of nitrogens with one attached hydrogen (secondary N) is 1. The Morgan fingerprint density at radius 1 is 1.56 bits per heavy atom. The Balaban J connectivity index is 2.92. The summed E-state index contributed by atoms with van der Waals surface area (Å²) in [5, 5.41) is 3.08. The second-order valence-corrected chi connectivity index (χ2v) is 3.39. The lowest BCUT2D eigenvalue weighted by Crippen LogP contribution is -2.06. The number of amides is 1. The van der Waals surface area contributed by atoms with Gasteiger partial charge in [-0.05, 0) is 36.3 Å². The number of carbonyl (C=O) groups is 1. The van der Waals surface area contributed by atoms with E-state index in [0.717, 1.165) is 18.5 Å². The number of benzene rings is 1. The topological polar surface area (TPSA) is 55.1 Å². The summed E-state index contributed by atoms with van der Waals surface area (Å²) in [4.78, 5) is 10.6. The van der Waals surface area contributed by atoms with E-state index in [9.17, 15) is 9.18 Å². The minimum absolute atomic E-state index is 0.310. The maximum absolute atomic E-state index is 13.0. The molecule has 0 spiro atoms. The van der Waals surface area contributed by atoms with Crippen LogP contribution < -0.4 is 11.1 Å². The molecular weight excluding hydrogens is 207 g/mol. The molecule has 3 nitrogen and oxygen atoms in total. The molecule has 1 amide bonds. The van der Waals surface area contributed by atoms with E-state index in [0.29, 0.717) is 5.69 Å². The van der Waals surface area contributed by atoms with E-state index >= 15 is 0 Å². The second kappa shape index (κ2) is 5.90. The number of carbonyl (C=O) groups excluding carboxylic acids is 1. The third-order valence-corrected chi connectivity index (χ3v) is 2.01. The lowest BCUT2D eigenvalue weighted by Gasteiger charge is -2.08. The summed E-state index contributed by atoms with van der Waals surface area (Å²) in [6.45, 7) is 2.77. The van der Waals surface area contributed by atoms with Crippen molar-refractivity contribution in [3.8, 4) is 0 Å². The molecule has 0 radical (unpaired) electrons. The van der Waals surface area contributed by atoms with E-state index in [1.165, 1.54) is 18.2 Å². The maximum atomic E-state index is 13.0. The number of rotatable bonds is 5. The van der Waals surface area contributed by atoms with Gasteiger partial charge in [-0.25, -0.2) is 4.39 Å². The van der Waals surface area contributed by atoms with Crippen LogP contribution in [0, 0.1) is 5.82 Å². The van der Waals surface area contributed by atoms with Gasteiger partial charge in [0, 0.05) is 18.3 Å². The van der Waals surface area contributed by atoms with E-state index in [-0.39, 0.29) is 5.82 Å². The molecular formula is C12H15FN2O. The standard InChI is InChI=1S/C12H15FN2O/c1-2-7-15-11-8-10(13)5-3-9(11)4-6-12(14)16/h3-6,8,15H,2,7H2,1H3,(H2,14,16). The van der Waals surface area contributed by atoms with Crippen molar-refractivity contribution in [2.75, 3.05) is 11.9 Å². The summed E-state index contributed by atoms with van der Waals surface area (Å²) < 4.78 is 13.0. The number of halogens is 1. The average molecular weight is 222 g/mol. The molecule has 0 aliphatic heterocycles. The van der Waals surface area contributed by atoms with Gasteiger partial charge in [0.05, 0.1) is 0 Å². The molecule has 0 aliphatic carbocycles. The summed E-state index contributed by atoms with van der Waals surface area (Å²) in [5.41, 5.74) is 6.41. The Hall–Kier alpha value is -1.84. The summed E-state index contributed by atoms with van der Waals surface area (Å²) in [7, 11) is 0. The molecule has 0 bridgehead atoms. The lowest BCUT2D eigenvalue weighted by atomic mass is 10.1. The zero-order valence-corrected chi connectivity index (χ0v) is 9.16. The van der Waals surface area contributed by atoms with E-state index in [4.69, 9.17) is 5.73 Å². The summed E-state index contributed by atoms with van der Waals surface area (Å²) >= 11 is 0. The molecule has 4 heteroatoms. The van der Waals surface area contributed by atoms with E-state index in [2.05, 4.69) is 5.32 Å². The van der Waals surface area contributed by atoms with Crippen molar-refractivity contribution >= 4 is 17.7 Å². The summed E-state index contributed by atoms with van der Waals surface area (Å²) in [6, 6.07) is 4.35. The normalized spacial score (nSPS) is 10.6. The van der Waals surface area contributed by atoms with E-state index in [1.807, 2.05) is 6.92 Å². The van der Waals surface area contributed by atoms with E-state index < -0.39 is 5.91 Å². The smallest absolute Gasteiger partial charge is 0.241 e. The van der Waals surface area contributed by atoms with Gasteiger partial charge in [0.2, 0.25) is 5.91 Å². The van der Waals surface area contributed by atoms with Crippen molar-refractivity contribution < 1.29 is 9.18 Å². The molecule has 1 aromatic rings. The van der Waals surface area contributed by atoms with Crippen LogP contribution >= 0.6 is 0 Å². The predicted molar refractivity (Wildman–Crippen MR) is 63.4 cm³/mol. The monoisotopic (exact) mass is 222 g/mol. The highest BCUT2D eigenvalue weighted by Crippen LogP contribution is 2.18. The van der Waals surface area contributed by atoms with Crippen LogP contribution in [0.15, 0.2) is 24.3 Å². The van der Waals surface area contributed by atoms with Crippen LogP contribution in [0.2, 0.25) is 0 Å². The minimum Gasteiger partial charge on any atom is -0.384 e. The highest BCUT2D eigenvalue weighted by molar-refractivity contribution is 5.91. The quantitative estimate of drug-likeness (QED) is 0.750. The Morgan fingerprint density at radius 3 is 2.94 bits per heavy atom. The van der Waals surface area contributed by atoms with Crippen molar-refractivity contribution in [2.45, 2.75) is 13.3 Å². The molecule has 0 unspecified atom stereocenters. The van der Waals surface area contributed by atoms with Crippen LogP contribution in [0.5, 0.6) is 0 Å². The van der Waals surface area contributed by atoms with Crippen LogP contribution in [0.25, 0.3) is 6.08 Å². The first-order chi connectivity index (χ1) is 7.63. The number of hydrogen-bond acceptors (Lipinski definition) is 2. The fraction of sp³-hybridized carbons (Fsp3) is 0.250. The third-order valence-electron chi connectivity index (χ3n) is 2.01. The van der Waals surface area contributed by atoms with Gasteiger partial charge in [-0.1, -0.05) is 6.92 Å². The minimum atomic E-state index is -0.522. The average Bonchev–Trinajstić information content (AvgIpc) is 2.24. The Morgan fingerprint density at radius 2 is 2.31 bits per heavy atom. The van der Waals surface area contributed by atoms with Crippen LogP contribution in [-0.4, -0.2) is 12.5 Å². The number of primary amides is 1. The molecule has 16 heavy (non-hydrogen) atoms. The van der Waals surface area contributed by atoms with Gasteiger partial charge in [0.15, 0.2) is 0 Å². The first-order valence-electron chi connectivity index (χ1n) is 5.14. The molecule has 0 atom stereocenters. The third kappa shape index (κ3) is 3.73. The Labute approximate surface area is 94.1 Å². The first-order valence-corrected chi connectivity index (χ1v) is 5.14. The van der Waals surface area contributed by atoms with Crippen LogP contribution in [-0.2, 0) is 4.79 Å². The Kier molecular flexibility index (Phi) is 4.51. The zero-order chi connectivity index (χ0) is 12.0. The van der Waals surface area contributed by atoms with Gasteiger partial charge in [0.1, 0.15) is 5.82 Å². The molecule has 1 aromatic carbocycles. The number of hydrogen-bond donors (Lipinski definition) is 2. The Bertz CT molecular complexity index is 402. The molecule has 0 saturated heterocycles. The van der Waals surface area contributed by atoms with Crippen molar-refractivity contribution in [1.82, 2.24) is 0 Å². The maximum Gasteiger partial charge on any atom is 0.241 e. The lowest BCUT2D eigenvalue weighted by molar-refractivity contribution is -0.113. The molecule has 0 heterocycles. The van der Waals surface area contributed by atoms with Crippen LogP contribution in [0.1, 0.15) is 18.9 Å². The van der Waals surface area contributed by atoms with Crippen LogP contribution in [0.4, 0.5) is 10.1 Å². The molecule has 86 valence electrons. The summed E-state index contributed by atoms with van der Waals surface area (Å²) in [6.07, 6.45) is 3.76. The molecule has 3 N–H and O–H groups in total. The van der Waals surface area contributed by atoms with Gasteiger partial charge in [0.25, 0.3) is 0 Å². The highest BCUT2D eigenvalue weighted by Gasteiger charge is 2.01. The van der Waals surface area contributed by atoms with Crippen LogP contribution in [0.3, 0.4) is 0 Å². The first kappa shape index (κ1) is 12.2. The molecule has 0 aliphatic rings. The van der Waals surface area contributed by atoms with Gasteiger partial charge >= 0.3 is 0 Å². The van der Waals surface area contributed by atoms with Crippen molar-refractivity contribution in [2.24, 2.45) is 5.73 Å².